The molecule has 0 amide bonds. The molecule has 0 aliphatic carbocycles. The van der Waals surface area contributed by atoms with E-state index in [1.165, 1.54) is 61.0 Å². The number of ether oxygens (including phenoxy) is 1. The maximum Gasteiger partial charge on any atom is 0.118 e. The number of piperidine rings is 1. The normalized spacial score (nSPS) is 18.2. The van der Waals surface area contributed by atoms with E-state index in [9.17, 15) is 0 Å². The third-order valence-corrected chi connectivity index (χ3v) is 6.78. The smallest absolute Gasteiger partial charge is 0.118 e. The van der Waals surface area contributed by atoms with Crippen LogP contribution in [-0.4, -0.2) is 43.2 Å². The van der Waals surface area contributed by atoms with Gasteiger partial charge in [-0.05, 0) is 86.1 Å². The summed E-state index contributed by atoms with van der Waals surface area (Å²) in [5.41, 5.74) is 5.17. The first-order chi connectivity index (χ1) is 14.8. The van der Waals surface area contributed by atoms with Crippen molar-refractivity contribution in [1.82, 2.24) is 9.88 Å². The monoisotopic (exact) mass is 401 g/mol. The Morgan fingerprint density at radius 3 is 2.43 bits per heavy atom. The average molecular weight is 402 g/mol. The van der Waals surface area contributed by atoms with Crippen LogP contribution in [0.4, 0.5) is 5.69 Å². The second kappa shape index (κ2) is 8.65. The van der Waals surface area contributed by atoms with Crippen LogP contribution in [0, 0.1) is 0 Å². The van der Waals surface area contributed by atoms with Crippen LogP contribution in [0.2, 0.25) is 0 Å². The van der Waals surface area contributed by atoms with Gasteiger partial charge in [0.25, 0.3) is 0 Å². The zero-order chi connectivity index (χ0) is 20.3. The molecule has 0 N–H and O–H groups in total. The minimum Gasteiger partial charge on any atom is -0.497 e. The molecule has 1 aromatic heterocycles. The first-order valence-electron chi connectivity index (χ1n) is 11.3. The van der Waals surface area contributed by atoms with Crippen LogP contribution < -0.4 is 9.64 Å². The number of nitrogens with zero attached hydrogens (tertiary/aromatic N) is 3. The van der Waals surface area contributed by atoms with Gasteiger partial charge in [0.15, 0.2) is 0 Å². The molecule has 2 aliphatic rings. The summed E-state index contributed by atoms with van der Waals surface area (Å²) in [6.07, 6.45) is 7.11. The number of aromatic nitrogens is 1. The summed E-state index contributed by atoms with van der Waals surface area (Å²) < 4.78 is 5.29. The van der Waals surface area contributed by atoms with Gasteiger partial charge in [0.05, 0.1) is 12.6 Å². The maximum atomic E-state index is 5.29. The number of fused-ring (bicyclic) bond motifs is 1. The maximum absolute atomic E-state index is 5.29. The summed E-state index contributed by atoms with van der Waals surface area (Å²) in [5.74, 6) is 1.57. The highest BCUT2D eigenvalue weighted by Gasteiger charge is 2.21. The number of rotatable bonds is 5. The molecule has 0 radical (unpaired) electrons. The topological polar surface area (TPSA) is 28.6 Å². The Morgan fingerprint density at radius 2 is 1.70 bits per heavy atom. The van der Waals surface area contributed by atoms with Crippen molar-refractivity contribution in [1.29, 1.82) is 0 Å². The van der Waals surface area contributed by atoms with Crippen LogP contribution in [0.1, 0.15) is 42.7 Å². The first kappa shape index (κ1) is 19.4. The van der Waals surface area contributed by atoms with E-state index in [1.807, 2.05) is 0 Å². The van der Waals surface area contributed by atoms with E-state index in [2.05, 4.69) is 64.5 Å². The summed E-state index contributed by atoms with van der Waals surface area (Å²) in [6.45, 7) is 5.67. The van der Waals surface area contributed by atoms with E-state index in [4.69, 9.17) is 9.72 Å². The first-order valence-corrected chi connectivity index (χ1v) is 11.3. The van der Waals surface area contributed by atoms with Gasteiger partial charge in [-0.15, -0.1) is 0 Å². The van der Waals surface area contributed by atoms with Gasteiger partial charge in [0.1, 0.15) is 5.75 Å². The van der Waals surface area contributed by atoms with Crippen molar-refractivity contribution in [2.24, 2.45) is 0 Å². The number of anilines is 1. The fourth-order valence-electron chi connectivity index (χ4n) is 4.98. The lowest BCUT2D eigenvalue weighted by Gasteiger charge is -2.34. The van der Waals surface area contributed by atoms with E-state index in [0.717, 1.165) is 30.9 Å². The number of methoxy groups -OCH3 is 1. The van der Waals surface area contributed by atoms with Crippen LogP contribution in [0.5, 0.6) is 5.75 Å². The van der Waals surface area contributed by atoms with Crippen molar-refractivity contribution in [2.75, 3.05) is 38.2 Å². The molecule has 0 saturated carbocycles. The van der Waals surface area contributed by atoms with Gasteiger partial charge in [-0.2, -0.15) is 0 Å². The molecule has 2 saturated heterocycles. The van der Waals surface area contributed by atoms with E-state index in [-0.39, 0.29) is 0 Å². The van der Waals surface area contributed by atoms with Gasteiger partial charge in [0, 0.05) is 36.9 Å². The molecule has 2 aromatic carbocycles. The molecule has 156 valence electrons. The van der Waals surface area contributed by atoms with Crippen LogP contribution in [-0.2, 0) is 6.54 Å². The molecule has 30 heavy (non-hydrogen) atoms. The second-order valence-corrected chi connectivity index (χ2v) is 8.74. The average Bonchev–Trinajstić information content (AvgIpc) is 3.32. The molecule has 4 heteroatoms. The van der Waals surface area contributed by atoms with Crippen LogP contribution >= 0.6 is 0 Å². The Hall–Kier alpha value is -2.59. The minimum atomic E-state index is 0.638. The van der Waals surface area contributed by atoms with Crippen molar-refractivity contribution < 1.29 is 4.74 Å². The zero-order valence-corrected chi connectivity index (χ0v) is 17.9. The van der Waals surface area contributed by atoms with Crippen molar-refractivity contribution >= 4 is 16.6 Å². The molecule has 0 spiro atoms. The quantitative estimate of drug-likeness (QED) is 0.586. The van der Waals surface area contributed by atoms with Gasteiger partial charge in [0.2, 0.25) is 0 Å². The van der Waals surface area contributed by atoms with Gasteiger partial charge >= 0.3 is 0 Å². The Morgan fingerprint density at radius 1 is 0.933 bits per heavy atom. The van der Waals surface area contributed by atoms with Crippen LogP contribution in [0.15, 0.2) is 54.7 Å². The summed E-state index contributed by atoms with van der Waals surface area (Å²) in [4.78, 5) is 9.84. The molecule has 0 atom stereocenters. The standard InChI is InChI=1S/C26H31N3O/c1-30-25-8-5-21(6-9-25)22-10-14-29(15-11-22)24-7-4-23-16-20(18-27-26(23)17-24)19-28-12-2-3-13-28/h4-9,16-18,22H,2-3,10-15,19H2,1H3. The fraction of sp³-hybridized carbons (Fsp3) is 0.423. The third kappa shape index (κ3) is 4.15. The molecule has 0 unspecified atom stereocenters. The molecule has 0 bridgehead atoms. The zero-order valence-electron chi connectivity index (χ0n) is 17.9. The van der Waals surface area contributed by atoms with Gasteiger partial charge in [-0.1, -0.05) is 18.2 Å². The Labute approximate surface area is 179 Å². The number of likely N-dealkylation sites (tertiary alicyclic amines) is 1. The predicted molar refractivity (Wildman–Crippen MR) is 123 cm³/mol. The largest absolute Gasteiger partial charge is 0.497 e. The third-order valence-electron chi connectivity index (χ3n) is 6.78. The Kier molecular flexibility index (Phi) is 5.58. The lowest BCUT2D eigenvalue weighted by atomic mass is 9.89. The van der Waals surface area contributed by atoms with Gasteiger partial charge < -0.3 is 9.64 Å². The molecule has 4 nitrogen and oxygen atoms in total. The number of benzene rings is 2. The highest BCUT2D eigenvalue weighted by atomic mass is 16.5. The number of pyridine rings is 1. The highest BCUT2D eigenvalue weighted by Crippen LogP contribution is 2.32. The lowest BCUT2D eigenvalue weighted by Crippen LogP contribution is -2.32. The summed E-state index contributed by atoms with van der Waals surface area (Å²) in [6, 6.07) is 17.7. The Bertz CT molecular complexity index is 987. The molecule has 2 aliphatic heterocycles. The lowest BCUT2D eigenvalue weighted by molar-refractivity contribution is 0.331. The second-order valence-electron chi connectivity index (χ2n) is 8.74. The van der Waals surface area contributed by atoms with Crippen molar-refractivity contribution in [3.05, 3.63) is 65.9 Å². The molecule has 3 heterocycles. The number of hydrogen-bond acceptors (Lipinski definition) is 4. The highest BCUT2D eigenvalue weighted by molar-refractivity contribution is 5.82. The van der Waals surface area contributed by atoms with Crippen molar-refractivity contribution in [2.45, 2.75) is 38.1 Å². The minimum absolute atomic E-state index is 0.638. The molecular formula is C26H31N3O. The van der Waals surface area contributed by atoms with E-state index < -0.39 is 0 Å². The predicted octanol–water partition coefficient (Wildman–Crippen LogP) is 5.22. The van der Waals surface area contributed by atoms with E-state index >= 15 is 0 Å². The number of hydrogen-bond donors (Lipinski definition) is 0. The Balaban J connectivity index is 1.24. The summed E-state index contributed by atoms with van der Waals surface area (Å²) >= 11 is 0. The van der Waals surface area contributed by atoms with Crippen LogP contribution in [0.25, 0.3) is 10.9 Å². The van der Waals surface area contributed by atoms with Gasteiger partial charge in [-0.3, -0.25) is 9.88 Å². The molecule has 2 fully saturated rings. The van der Waals surface area contributed by atoms with Crippen LogP contribution in [0.3, 0.4) is 0 Å². The van der Waals surface area contributed by atoms with Crippen molar-refractivity contribution in [3.8, 4) is 5.75 Å². The summed E-state index contributed by atoms with van der Waals surface area (Å²) in [7, 11) is 1.72. The van der Waals surface area contributed by atoms with E-state index in [0.29, 0.717) is 5.92 Å². The van der Waals surface area contributed by atoms with Crippen molar-refractivity contribution in [3.63, 3.8) is 0 Å². The fourth-order valence-corrected chi connectivity index (χ4v) is 4.98. The molecular weight excluding hydrogens is 370 g/mol. The molecule has 3 aromatic rings. The van der Waals surface area contributed by atoms with Gasteiger partial charge in [-0.25, -0.2) is 0 Å². The summed E-state index contributed by atoms with van der Waals surface area (Å²) in [5, 5.41) is 1.25. The SMILES string of the molecule is COc1ccc(C2CCN(c3ccc4cc(CN5CCCC5)cnc4c3)CC2)cc1. The van der Waals surface area contributed by atoms with E-state index in [1.54, 1.807) is 7.11 Å². The molecule has 5 rings (SSSR count).